The maximum atomic E-state index is 11.7. The van der Waals surface area contributed by atoms with Crippen LogP contribution in [0.5, 0.6) is 0 Å². The van der Waals surface area contributed by atoms with Crippen molar-refractivity contribution in [1.82, 2.24) is 16.0 Å². The zero-order valence-electron chi connectivity index (χ0n) is 13.2. The maximum Gasteiger partial charge on any atom is 0.275 e. The molecule has 1 unspecified atom stereocenters. The van der Waals surface area contributed by atoms with Crippen molar-refractivity contribution >= 4 is 17.7 Å². The molecular formula is C15H23N4O3+. The van der Waals surface area contributed by atoms with E-state index in [2.05, 4.69) is 16.0 Å². The van der Waals surface area contributed by atoms with Crippen LogP contribution in [0.4, 0.5) is 0 Å². The van der Waals surface area contributed by atoms with E-state index < -0.39 is 0 Å². The Morgan fingerprint density at radius 1 is 1.00 bits per heavy atom. The Balaban J connectivity index is 2.44. The number of hydrogen-bond donors (Lipinski definition) is 4. The van der Waals surface area contributed by atoms with Gasteiger partial charge in [0.25, 0.3) is 11.8 Å². The molecule has 0 aliphatic heterocycles. The van der Waals surface area contributed by atoms with Crippen LogP contribution in [0.1, 0.15) is 15.9 Å². The Labute approximate surface area is 130 Å². The number of quaternary nitrogens is 1. The molecule has 0 radical (unpaired) electrons. The van der Waals surface area contributed by atoms with E-state index in [0.717, 1.165) is 10.5 Å². The summed E-state index contributed by atoms with van der Waals surface area (Å²) in [6.45, 7) is 0.916. The zero-order chi connectivity index (χ0) is 16.5. The predicted molar refractivity (Wildman–Crippen MR) is 82.4 cm³/mol. The third kappa shape index (κ3) is 5.92. The highest BCUT2D eigenvalue weighted by molar-refractivity contribution is 5.93. The van der Waals surface area contributed by atoms with Crippen LogP contribution in [0.25, 0.3) is 0 Å². The van der Waals surface area contributed by atoms with Crippen molar-refractivity contribution in [2.24, 2.45) is 0 Å². The van der Waals surface area contributed by atoms with Crippen molar-refractivity contribution in [3.8, 4) is 0 Å². The van der Waals surface area contributed by atoms with E-state index in [0.29, 0.717) is 12.1 Å². The van der Waals surface area contributed by atoms with Gasteiger partial charge in [-0.15, -0.1) is 0 Å². The lowest BCUT2D eigenvalue weighted by atomic mass is 10.1. The largest absolute Gasteiger partial charge is 0.358 e. The van der Waals surface area contributed by atoms with Gasteiger partial charge in [-0.1, -0.05) is 12.1 Å². The van der Waals surface area contributed by atoms with E-state index in [9.17, 15) is 14.4 Å². The fourth-order valence-corrected chi connectivity index (χ4v) is 1.93. The first-order valence-corrected chi connectivity index (χ1v) is 7.06. The monoisotopic (exact) mass is 307 g/mol. The lowest BCUT2D eigenvalue weighted by Crippen LogP contribution is -3.08. The minimum Gasteiger partial charge on any atom is -0.358 e. The fraction of sp³-hybridized carbons (Fsp3) is 0.400. The average molecular weight is 307 g/mol. The topological polar surface area (TPSA) is 91.7 Å². The van der Waals surface area contributed by atoms with Gasteiger partial charge in [-0.25, -0.2) is 0 Å². The molecule has 4 N–H and O–H groups in total. The molecule has 0 aliphatic rings. The molecule has 0 aliphatic carbocycles. The van der Waals surface area contributed by atoms with Crippen LogP contribution in [0.15, 0.2) is 24.3 Å². The first-order chi connectivity index (χ1) is 10.5. The third-order valence-electron chi connectivity index (χ3n) is 3.14. The van der Waals surface area contributed by atoms with Crippen molar-refractivity contribution in [2.45, 2.75) is 6.54 Å². The molecule has 0 saturated carbocycles. The molecule has 0 spiro atoms. The summed E-state index contributed by atoms with van der Waals surface area (Å²) in [7, 11) is 5.01. The van der Waals surface area contributed by atoms with Crippen LogP contribution >= 0.6 is 0 Å². The highest BCUT2D eigenvalue weighted by atomic mass is 16.2. The van der Waals surface area contributed by atoms with Crippen LogP contribution in [-0.2, 0) is 16.1 Å². The molecule has 1 atom stereocenters. The second-order valence-corrected chi connectivity index (χ2v) is 5.04. The summed E-state index contributed by atoms with van der Waals surface area (Å²) in [5.41, 5.74) is 1.64. The summed E-state index contributed by atoms with van der Waals surface area (Å²) in [4.78, 5) is 35.2. The van der Waals surface area contributed by atoms with E-state index in [1.165, 1.54) is 7.05 Å². The number of rotatable bonds is 7. The molecule has 22 heavy (non-hydrogen) atoms. The number of benzene rings is 1. The van der Waals surface area contributed by atoms with Crippen LogP contribution in [0, 0.1) is 0 Å². The van der Waals surface area contributed by atoms with Gasteiger partial charge >= 0.3 is 0 Å². The van der Waals surface area contributed by atoms with Crippen LogP contribution in [-0.4, -0.2) is 52.0 Å². The number of amides is 3. The Kier molecular flexibility index (Phi) is 7.04. The van der Waals surface area contributed by atoms with Gasteiger partial charge in [-0.2, -0.15) is 0 Å². The lowest BCUT2D eigenvalue weighted by Gasteiger charge is -2.14. The summed E-state index contributed by atoms with van der Waals surface area (Å²) in [6, 6.07) is 7.26. The minimum absolute atomic E-state index is 0.0105. The smallest absolute Gasteiger partial charge is 0.275 e. The van der Waals surface area contributed by atoms with Gasteiger partial charge < -0.3 is 20.9 Å². The van der Waals surface area contributed by atoms with Gasteiger partial charge in [0.15, 0.2) is 6.54 Å². The van der Waals surface area contributed by atoms with Crippen molar-refractivity contribution < 1.29 is 19.3 Å². The standard InChI is InChI=1S/C15H22N4O3/c1-16-13(20)8-18-14(21)10-19(3)9-11-4-6-12(7-5-11)15(22)17-2/h4-7H,8-10H2,1-3H3,(H,16,20)(H,17,22)(H,18,21)/p+1. The summed E-state index contributed by atoms with van der Waals surface area (Å²) in [5, 5.41) is 7.56. The molecule has 0 saturated heterocycles. The predicted octanol–water partition coefficient (Wildman–Crippen LogP) is -2.08. The van der Waals surface area contributed by atoms with Crippen molar-refractivity contribution in [2.75, 3.05) is 34.2 Å². The molecule has 7 heteroatoms. The summed E-state index contributed by atoms with van der Waals surface area (Å²) < 4.78 is 0. The van der Waals surface area contributed by atoms with Crippen molar-refractivity contribution in [1.29, 1.82) is 0 Å². The normalized spacial score (nSPS) is 11.4. The summed E-state index contributed by atoms with van der Waals surface area (Å²) >= 11 is 0. The zero-order valence-corrected chi connectivity index (χ0v) is 13.2. The van der Waals surface area contributed by atoms with E-state index in [4.69, 9.17) is 0 Å². The first kappa shape index (κ1) is 17.6. The van der Waals surface area contributed by atoms with E-state index >= 15 is 0 Å². The molecule has 1 aromatic carbocycles. The van der Waals surface area contributed by atoms with Gasteiger partial charge in [0.2, 0.25) is 5.91 Å². The number of nitrogens with one attached hydrogen (secondary N) is 4. The highest BCUT2D eigenvalue weighted by Crippen LogP contribution is 2.03. The van der Waals surface area contributed by atoms with Crippen molar-refractivity contribution in [3.05, 3.63) is 35.4 Å². The van der Waals surface area contributed by atoms with Gasteiger partial charge in [-0.3, -0.25) is 14.4 Å². The van der Waals surface area contributed by atoms with E-state index in [1.807, 2.05) is 19.2 Å². The Morgan fingerprint density at radius 2 is 1.64 bits per heavy atom. The van der Waals surface area contributed by atoms with Crippen LogP contribution < -0.4 is 20.9 Å². The lowest BCUT2D eigenvalue weighted by molar-refractivity contribution is -0.885. The average Bonchev–Trinajstić information content (AvgIpc) is 2.52. The van der Waals surface area contributed by atoms with E-state index in [-0.39, 0.29) is 30.8 Å². The number of carbonyl (C=O) groups excluding carboxylic acids is 3. The fourth-order valence-electron chi connectivity index (χ4n) is 1.93. The molecule has 3 amide bonds. The summed E-state index contributed by atoms with van der Waals surface area (Å²) in [6.07, 6.45) is 0. The summed E-state index contributed by atoms with van der Waals surface area (Å²) in [5.74, 6) is -0.528. The van der Waals surface area contributed by atoms with Gasteiger partial charge in [-0.05, 0) is 12.1 Å². The Morgan fingerprint density at radius 3 is 2.18 bits per heavy atom. The number of likely N-dealkylation sites (N-methyl/N-ethyl adjacent to an activating group) is 2. The van der Waals surface area contributed by atoms with Gasteiger partial charge in [0.05, 0.1) is 13.6 Å². The Hall–Kier alpha value is -2.41. The second-order valence-electron chi connectivity index (χ2n) is 5.04. The Bertz CT molecular complexity index is 528. The van der Waals surface area contributed by atoms with Crippen LogP contribution in [0.2, 0.25) is 0 Å². The molecule has 1 rings (SSSR count). The van der Waals surface area contributed by atoms with Gasteiger partial charge in [0.1, 0.15) is 6.54 Å². The molecule has 0 aromatic heterocycles. The molecule has 1 aromatic rings. The molecule has 0 fully saturated rings. The van der Waals surface area contributed by atoms with Crippen molar-refractivity contribution in [3.63, 3.8) is 0 Å². The quantitative estimate of drug-likeness (QED) is 0.466. The highest BCUT2D eigenvalue weighted by Gasteiger charge is 2.12. The number of carbonyl (C=O) groups is 3. The molecule has 0 heterocycles. The van der Waals surface area contributed by atoms with Crippen LogP contribution in [0.3, 0.4) is 0 Å². The first-order valence-electron chi connectivity index (χ1n) is 7.06. The minimum atomic E-state index is -0.226. The number of hydrogen-bond acceptors (Lipinski definition) is 3. The van der Waals surface area contributed by atoms with E-state index in [1.54, 1.807) is 19.2 Å². The van der Waals surface area contributed by atoms with Gasteiger partial charge in [0, 0.05) is 25.2 Å². The third-order valence-corrected chi connectivity index (χ3v) is 3.14. The SMILES string of the molecule is CNC(=O)CNC(=O)C[NH+](C)Cc1ccc(C(=O)NC)cc1. The second kappa shape index (κ2) is 8.78. The molecule has 0 bridgehead atoms. The molecule has 7 nitrogen and oxygen atoms in total. The molecule has 120 valence electrons. The maximum absolute atomic E-state index is 11.7. The molecular weight excluding hydrogens is 284 g/mol.